The van der Waals surface area contributed by atoms with E-state index in [0.29, 0.717) is 16.5 Å². The van der Waals surface area contributed by atoms with Crippen LogP contribution in [0.25, 0.3) is 10.9 Å². The molecule has 1 atom stereocenters. The first-order valence-corrected chi connectivity index (χ1v) is 12.0. The Morgan fingerprint density at radius 3 is 2.74 bits per heavy atom. The van der Waals surface area contributed by atoms with Gasteiger partial charge < -0.3 is 9.64 Å². The van der Waals surface area contributed by atoms with Crippen molar-refractivity contribution < 1.29 is 27.5 Å². The maximum atomic E-state index is 13.4. The quantitative estimate of drug-likeness (QED) is 0.532. The average Bonchev–Trinajstić information content (AvgIpc) is 3.13. The molecule has 5 rings (SSSR count). The Kier molecular flexibility index (Phi) is 5.20. The second kappa shape index (κ2) is 8.10. The van der Waals surface area contributed by atoms with E-state index in [4.69, 9.17) is 4.74 Å². The number of methoxy groups -OCH3 is 1. The van der Waals surface area contributed by atoms with Gasteiger partial charge in [0, 0.05) is 35.8 Å². The van der Waals surface area contributed by atoms with Crippen molar-refractivity contribution >= 4 is 44.3 Å². The van der Waals surface area contributed by atoms with Gasteiger partial charge in [0.05, 0.1) is 12.6 Å². The van der Waals surface area contributed by atoms with Gasteiger partial charge in [0.2, 0.25) is 11.8 Å². The Hall–Kier alpha value is -3.99. The van der Waals surface area contributed by atoms with Crippen LogP contribution >= 0.6 is 0 Å². The van der Waals surface area contributed by atoms with Crippen molar-refractivity contribution in [3.8, 4) is 5.75 Å². The Morgan fingerprint density at radius 1 is 1.15 bits per heavy atom. The zero-order valence-electron chi connectivity index (χ0n) is 18.1. The zero-order valence-corrected chi connectivity index (χ0v) is 18.9. The SMILES string of the molecule is COc1ccc2cccnc2c1S(=O)(=O)Nc1ccc2c(c1)CN(C1CCC(=O)NC1=O)C2=O. The van der Waals surface area contributed by atoms with Crippen molar-refractivity contribution in [3.63, 3.8) is 0 Å². The van der Waals surface area contributed by atoms with Gasteiger partial charge in [-0.05, 0) is 48.4 Å². The average molecular weight is 481 g/mol. The fourth-order valence-electron chi connectivity index (χ4n) is 4.36. The Morgan fingerprint density at radius 2 is 1.97 bits per heavy atom. The minimum absolute atomic E-state index is 0.0881. The van der Waals surface area contributed by atoms with Crippen LogP contribution in [0.2, 0.25) is 0 Å². The number of rotatable bonds is 5. The number of amides is 3. The predicted octanol–water partition coefficient (Wildman–Crippen LogP) is 1.81. The van der Waals surface area contributed by atoms with Crippen LogP contribution in [0.15, 0.2) is 53.6 Å². The van der Waals surface area contributed by atoms with Crippen LogP contribution < -0.4 is 14.8 Å². The molecular weight excluding hydrogens is 460 g/mol. The summed E-state index contributed by atoms with van der Waals surface area (Å²) in [6.45, 7) is 0.134. The second-order valence-corrected chi connectivity index (χ2v) is 9.67. The number of imide groups is 1. The number of hydrogen-bond acceptors (Lipinski definition) is 7. The number of aromatic nitrogens is 1. The molecule has 2 N–H and O–H groups in total. The summed E-state index contributed by atoms with van der Waals surface area (Å²) < 4.78 is 34.5. The topological polar surface area (TPSA) is 135 Å². The van der Waals surface area contributed by atoms with E-state index in [-0.39, 0.29) is 53.0 Å². The van der Waals surface area contributed by atoms with Crippen molar-refractivity contribution in [2.24, 2.45) is 0 Å². The van der Waals surface area contributed by atoms with Gasteiger partial charge >= 0.3 is 0 Å². The van der Waals surface area contributed by atoms with Crippen molar-refractivity contribution in [1.82, 2.24) is 15.2 Å². The summed E-state index contributed by atoms with van der Waals surface area (Å²) in [7, 11) is -2.72. The summed E-state index contributed by atoms with van der Waals surface area (Å²) in [5.74, 6) is -1.05. The fourth-order valence-corrected chi connectivity index (χ4v) is 5.75. The molecule has 10 nitrogen and oxygen atoms in total. The lowest BCUT2D eigenvalue weighted by Gasteiger charge is -2.29. The van der Waals surface area contributed by atoms with Crippen LogP contribution in [0.3, 0.4) is 0 Å². The van der Waals surface area contributed by atoms with E-state index in [1.54, 1.807) is 30.3 Å². The Balaban J connectivity index is 1.45. The number of nitrogens with one attached hydrogen (secondary N) is 2. The summed E-state index contributed by atoms with van der Waals surface area (Å²) in [5.41, 5.74) is 1.50. The number of sulfonamides is 1. The van der Waals surface area contributed by atoms with Crippen LogP contribution in [0.1, 0.15) is 28.8 Å². The molecule has 2 aliphatic rings. The van der Waals surface area contributed by atoms with Crippen molar-refractivity contribution in [3.05, 3.63) is 59.8 Å². The van der Waals surface area contributed by atoms with E-state index in [9.17, 15) is 22.8 Å². The van der Waals surface area contributed by atoms with Gasteiger partial charge in [-0.15, -0.1) is 0 Å². The van der Waals surface area contributed by atoms with E-state index < -0.39 is 22.0 Å². The number of nitrogens with zero attached hydrogens (tertiary/aromatic N) is 2. The first-order valence-electron chi connectivity index (χ1n) is 10.5. The lowest BCUT2D eigenvalue weighted by Crippen LogP contribution is -2.52. The number of piperidine rings is 1. The zero-order chi connectivity index (χ0) is 24.0. The molecule has 1 fully saturated rings. The monoisotopic (exact) mass is 480 g/mol. The van der Waals surface area contributed by atoms with Crippen LogP contribution in [0.4, 0.5) is 5.69 Å². The van der Waals surface area contributed by atoms with E-state index in [1.807, 2.05) is 0 Å². The first kappa shape index (κ1) is 21.8. The largest absolute Gasteiger partial charge is 0.495 e. The number of pyridine rings is 1. The Labute approximate surface area is 195 Å². The van der Waals surface area contributed by atoms with Gasteiger partial charge in [-0.3, -0.25) is 29.4 Å². The van der Waals surface area contributed by atoms with Crippen LogP contribution in [-0.4, -0.2) is 49.2 Å². The van der Waals surface area contributed by atoms with Crippen LogP contribution in [-0.2, 0) is 26.2 Å². The highest BCUT2D eigenvalue weighted by Crippen LogP contribution is 2.34. The molecule has 3 aromatic rings. The third-order valence-electron chi connectivity index (χ3n) is 5.96. The van der Waals surface area contributed by atoms with E-state index in [1.165, 1.54) is 30.3 Å². The molecule has 1 aromatic heterocycles. The molecule has 1 saturated heterocycles. The maximum Gasteiger partial charge on any atom is 0.267 e. The normalized spacial score (nSPS) is 18.1. The van der Waals surface area contributed by atoms with Gasteiger partial charge in [0.15, 0.2) is 4.90 Å². The number of ether oxygens (including phenoxy) is 1. The van der Waals surface area contributed by atoms with E-state index in [2.05, 4.69) is 15.0 Å². The lowest BCUT2D eigenvalue weighted by atomic mass is 10.0. The molecule has 11 heteroatoms. The number of carbonyl (C=O) groups excluding carboxylic acids is 3. The first-order chi connectivity index (χ1) is 16.3. The van der Waals surface area contributed by atoms with Crippen molar-refractivity contribution in [2.75, 3.05) is 11.8 Å². The van der Waals surface area contributed by atoms with Crippen LogP contribution in [0.5, 0.6) is 5.75 Å². The molecule has 0 saturated carbocycles. The smallest absolute Gasteiger partial charge is 0.267 e. The Bertz CT molecular complexity index is 1470. The molecule has 2 aliphatic heterocycles. The van der Waals surface area contributed by atoms with Crippen molar-refractivity contribution in [2.45, 2.75) is 30.3 Å². The molecule has 3 amide bonds. The van der Waals surface area contributed by atoms with Crippen LogP contribution in [0, 0.1) is 0 Å². The molecule has 0 radical (unpaired) electrons. The third kappa shape index (κ3) is 3.63. The number of anilines is 1. The standard InChI is InChI=1S/C23H20N4O6S/c1-33-18-8-4-13-3-2-10-24-20(13)21(18)34(31,32)26-15-5-6-16-14(11-15)12-27(23(16)30)17-7-9-19(28)25-22(17)29/h2-6,8,10-11,17,26H,7,9,12H2,1H3,(H,25,28,29). The molecular formula is C23H20N4O6S. The number of fused-ring (bicyclic) bond motifs is 2. The minimum atomic E-state index is -4.10. The highest BCUT2D eigenvalue weighted by molar-refractivity contribution is 7.93. The molecule has 1 unspecified atom stereocenters. The molecule has 0 bridgehead atoms. The summed E-state index contributed by atoms with van der Waals surface area (Å²) in [5, 5.41) is 2.90. The summed E-state index contributed by atoms with van der Waals surface area (Å²) in [6, 6.07) is 10.6. The molecule has 0 aliphatic carbocycles. The van der Waals surface area contributed by atoms with E-state index >= 15 is 0 Å². The third-order valence-corrected chi connectivity index (χ3v) is 7.39. The van der Waals surface area contributed by atoms with Gasteiger partial charge in [0.1, 0.15) is 11.8 Å². The fraction of sp³-hybridized carbons (Fsp3) is 0.217. The summed E-state index contributed by atoms with van der Waals surface area (Å²) in [6.07, 6.45) is 1.91. The highest BCUT2D eigenvalue weighted by Gasteiger charge is 2.39. The molecule has 3 heterocycles. The lowest BCUT2D eigenvalue weighted by molar-refractivity contribution is -0.136. The highest BCUT2D eigenvalue weighted by atomic mass is 32.2. The minimum Gasteiger partial charge on any atom is -0.495 e. The van der Waals surface area contributed by atoms with Gasteiger partial charge in [-0.1, -0.05) is 6.07 Å². The maximum absolute atomic E-state index is 13.4. The van der Waals surface area contributed by atoms with Crippen molar-refractivity contribution in [1.29, 1.82) is 0 Å². The molecule has 0 spiro atoms. The molecule has 174 valence electrons. The van der Waals surface area contributed by atoms with Gasteiger partial charge in [-0.25, -0.2) is 8.42 Å². The van der Waals surface area contributed by atoms with Gasteiger partial charge in [-0.2, -0.15) is 0 Å². The number of carbonyl (C=O) groups is 3. The summed E-state index contributed by atoms with van der Waals surface area (Å²) >= 11 is 0. The molecule has 2 aromatic carbocycles. The van der Waals surface area contributed by atoms with Gasteiger partial charge in [0.25, 0.3) is 15.9 Å². The van der Waals surface area contributed by atoms with E-state index in [0.717, 1.165) is 0 Å². The second-order valence-electron chi connectivity index (χ2n) is 8.05. The predicted molar refractivity (Wildman–Crippen MR) is 122 cm³/mol. The summed E-state index contributed by atoms with van der Waals surface area (Å²) in [4.78, 5) is 42.1. The number of benzene rings is 2. The number of hydrogen-bond donors (Lipinski definition) is 2. The molecule has 34 heavy (non-hydrogen) atoms.